The number of nitrogens with zero attached hydrogens (tertiary/aromatic N) is 2. The highest BCUT2D eigenvalue weighted by Gasteiger charge is 2.04. The van der Waals surface area contributed by atoms with Crippen LogP contribution < -0.4 is 0 Å². The molecule has 1 N–H and O–H groups in total. The molecule has 2 rings (SSSR count). The van der Waals surface area contributed by atoms with Gasteiger partial charge in [-0.2, -0.15) is 5.26 Å². The summed E-state index contributed by atoms with van der Waals surface area (Å²) in [6.07, 6.45) is 0. The van der Waals surface area contributed by atoms with Crippen LogP contribution in [0, 0.1) is 18.3 Å². The molecular formula is C9H6BrN3. The number of aromatic amines is 1. The van der Waals surface area contributed by atoms with Gasteiger partial charge in [-0.25, -0.2) is 4.98 Å². The summed E-state index contributed by atoms with van der Waals surface area (Å²) in [6, 6.07) is 5.83. The number of fused-ring (bicyclic) bond motifs is 1. The van der Waals surface area contributed by atoms with Crippen molar-refractivity contribution in [2.75, 3.05) is 0 Å². The predicted octanol–water partition coefficient (Wildman–Crippen LogP) is 2.51. The van der Waals surface area contributed by atoms with E-state index in [2.05, 4.69) is 32.0 Å². The number of hydrogen-bond donors (Lipinski definition) is 1. The minimum atomic E-state index is 0.673. The number of aromatic nitrogens is 2. The zero-order chi connectivity index (χ0) is 9.42. The van der Waals surface area contributed by atoms with E-state index in [1.54, 1.807) is 6.07 Å². The molecule has 1 aromatic heterocycles. The molecule has 4 heteroatoms. The van der Waals surface area contributed by atoms with Crippen LogP contribution >= 0.6 is 15.9 Å². The number of imidazole rings is 1. The number of aryl methyl sites for hydroxylation is 1. The van der Waals surface area contributed by atoms with E-state index in [1.807, 2.05) is 13.0 Å². The van der Waals surface area contributed by atoms with E-state index in [0.29, 0.717) is 10.3 Å². The highest BCUT2D eigenvalue weighted by molar-refractivity contribution is 9.10. The zero-order valence-electron chi connectivity index (χ0n) is 6.93. The van der Waals surface area contributed by atoms with Gasteiger partial charge in [0.05, 0.1) is 22.7 Å². The molecule has 0 saturated carbocycles. The number of hydrogen-bond acceptors (Lipinski definition) is 2. The van der Waals surface area contributed by atoms with Crippen LogP contribution in [0.2, 0.25) is 0 Å². The molecule has 0 amide bonds. The van der Waals surface area contributed by atoms with Gasteiger partial charge in [-0.3, -0.25) is 0 Å². The minimum absolute atomic E-state index is 0.673. The Kier molecular flexibility index (Phi) is 1.82. The third-order valence-corrected chi connectivity index (χ3v) is 2.30. The van der Waals surface area contributed by atoms with Crippen molar-refractivity contribution in [2.45, 2.75) is 6.92 Å². The normalized spacial score (nSPS) is 10.2. The second-order valence-electron chi connectivity index (χ2n) is 2.82. The number of nitrogens with one attached hydrogen (secondary N) is 1. The smallest absolute Gasteiger partial charge is 0.175 e. The molecule has 2 aromatic rings. The van der Waals surface area contributed by atoms with Crippen LogP contribution in [0.5, 0.6) is 0 Å². The zero-order valence-corrected chi connectivity index (χ0v) is 8.51. The lowest BCUT2D eigenvalue weighted by Gasteiger charge is -1.94. The Labute approximate surface area is 83.5 Å². The van der Waals surface area contributed by atoms with Crippen LogP contribution in [0.25, 0.3) is 11.0 Å². The van der Waals surface area contributed by atoms with Crippen molar-refractivity contribution in [2.24, 2.45) is 0 Å². The third-order valence-electron chi connectivity index (χ3n) is 1.92. The summed E-state index contributed by atoms with van der Waals surface area (Å²) >= 11 is 3.25. The van der Waals surface area contributed by atoms with Crippen molar-refractivity contribution >= 4 is 27.0 Å². The number of H-pyrrole nitrogens is 1. The van der Waals surface area contributed by atoms with Gasteiger partial charge in [0.1, 0.15) is 0 Å². The van der Waals surface area contributed by atoms with Crippen LogP contribution in [0.1, 0.15) is 11.1 Å². The van der Waals surface area contributed by atoms with Crippen molar-refractivity contribution < 1.29 is 0 Å². The Morgan fingerprint density at radius 1 is 1.54 bits per heavy atom. The first kappa shape index (κ1) is 8.27. The molecule has 0 bridgehead atoms. The highest BCUT2D eigenvalue weighted by Crippen LogP contribution is 2.19. The van der Waals surface area contributed by atoms with Crippen molar-refractivity contribution in [3.63, 3.8) is 0 Å². The van der Waals surface area contributed by atoms with Crippen molar-refractivity contribution in [1.82, 2.24) is 9.97 Å². The van der Waals surface area contributed by atoms with E-state index >= 15 is 0 Å². The fraction of sp³-hybridized carbons (Fsp3) is 0.111. The molecule has 1 heterocycles. The van der Waals surface area contributed by atoms with Crippen molar-refractivity contribution in [3.8, 4) is 6.07 Å². The lowest BCUT2D eigenvalue weighted by atomic mass is 10.1. The maximum Gasteiger partial charge on any atom is 0.175 e. The molecule has 0 atom stereocenters. The maximum atomic E-state index is 8.78. The first-order valence-electron chi connectivity index (χ1n) is 3.76. The summed E-state index contributed by atoms with van der Waals surface area (Å²) in [5.74, 6) is 0. The van der Waals surface area contributed by atoms with Gasteiger partial charge >= 0.3 is 0 Å². The lowest BCUT2D eigenvalue weighted by Crippen LogP contribution is -1.81. The maximum absolute atomic E-state index is 8.78. The number of rotatable bonds is 0. The average Bonchev–Trinajstić information content (AvgIpc) is 2.42. The fourth-order valence-electron chi connectivity index (χ4n) is 1.25. The lowest BCUT2D eigenvalue weighted by molar-refractivity contribution is 1.27. The van der Waals surface area contributed by atoms with Crippen LogP contribution in [0.15, 0.2) is 16.9 Å². The molecule has 64 valence electrons. The molecule has 0 aliphatic rings. The summed E-state index contributed by atoms with van der Waals surface area (Å²) in [5.41, 5.74) is 3.40. The summed E-state index contributed by atoms with van der Waals surface area (Å²) in [5, 5.41) is 8.78. The molecule has 0 aliphatic carbocycles. The Hall–Kier alpha value is -1.34. The molecule has 0 unspecified atom stereocenters. The first-order valence-corrected chi connectivity index (χ1v) is 4.56. The molecule has 3 nitrogen and oxygen atoms in total. The molecule has 0 spiro atoms. The second kappa shape index (κ2) is 2.86. The summed E-state index contributed by atoms with van der Waals surface area (Å²) < 4.78 is 0.692. The SMILES string of the molecule is Cc1cc2[nH]c(Br)nc2cc1C#N. The second-order valence-corrected chi connectivity index (χ2v) is 3.57. The fourth-order valence-corrected chi connectivity index (χ4v) is 1.66. The summed E-state index contributed by atoms with van der Waals surface area (Å²) in [7, 11) is 0. The van der Waals surface area contributed by atoms with Gasteiger partial charge in [0.15, 0.2) is 4.73 Å². The van der Waals surface area contributed by atoms with Gasteiger partial charge in [0.25, 0.3) is 0 Å². The number of nitriles is 1. The van der Waals surface area contributed by atoms with Gasteiger partial charge < -0.3 is 4.98 Å². The minimum Gasteiger partial charge on any atom is -0.332 e. The van der Waals surface area contributed by atoms with Gasteiger partial charge in [0.2, 0.25) is 0 Å². The Morgan fingerprint density at radius 3 is 3.00 bits per heavy atom. The molecule has 0 fully saturated rings. The topological polar surface area (TPSA) is 52.5 Å². The quantitative estimate of drug-likeness (QED) is 0.763. The van der Waals surface area contributed by atoms with E-state index in [1.165, 1.54) is 0 Å². The third kappa shape index (κ3) is 1.31. The van der Waals surface area contributed by atoms with Gasteiger partial charge in [0, 0.05) is 0 Å². The molecule has 13 heavy (non-hydrogen) atoms. The van der Waals surface area contributed by atoms with Crippen molar-refractivity contribution in [3.05, 3.63) is 28.0 Å². The number of halogens is 1. The molecule has 1 aromatic carbocycles. The van der Waals surface area contributed by atoms with E-state index < -0.39 is 0 Å². The van der Waals surface area contributed by atoms with Crippen molar-refractivity contribution in [1.29, 1.82) is 5.26 Å². The first-order chi connectivity index (χ1) is 6.20. The van der Waals surface area contributed by atoms with Gasteiger partial charge in [-0.1, -0.05) is 0 Å². The summed E-state index contributed by atoms with van der Waals surface area (Å²) in [6.45, 7) is 1.91. The highest BCUT2D eigenvalue weighted by atomic mass is 79.9. The Balaban J connectivity index is 2.82. The summed E-state index contributed by atoms with van der Waals surface area (Å²) in [4.78, 5) is 7.22. The largest absolute Gasteiger partial charge is 0.332 e. The van der Waals surface area contributed by atoms with Crippen LogP contribution in [0.3, 0.4) is 0 Å². The Morgan fingerprint density at radius 2 is 2.31 bits per heavy atom. The van der Waals surface area contributed by atoms with E-state index in [0.717, 1.165) is 16.6 Å². The monoisotopic (exact) mass is 235 g/mol. The van der Waals surface area contributed by atoms with E-state index in [-0.39, 0.29) is 0 Å². The Bertz CT molecular complexity index is 507. The molecular weight excluding hydrogens is 230 g/mol. The van der Waals surface area contributed by atoms with Gasteiger partial charge in [-0.05, 0) is 40.5 Å². The van der Waals surface area contributed by atoms with Gasteiger partial charge in [-0.15, -0.1) is 0 Å². The molecule has 0 saturated heterocycles. The predicted molar refractivity (Wildman–Crippen MR) is 53.2 cm³/mol. The van der Waals surface area contributed by atoms with E-state index in [4.69, 9.17) is 5.26 Å². The number of benzene rings is 1. The molecule has 0 radical (unpaired) electrons. The standard InChI is InChI=1S/C9H6BrN3/c1-5-2-7-8(3-6(5)4-11)13-9(10)12-7/h2-3H,1H3,(H,12,13). The average molecular weight is 236 g/mol. The van der Waals surface area contributed by atoms with Crippen LogP contribution in [-0.2, 0) is 0 Å². The molecule has 0 aliphatic heterocycles. The van der Waals surface area contributed by atoms with Crippen LogP contribution in [0.4, 0.5) is 0 Å². The van der Waals surface area contributed by atoms with E-state index in [9.17, 15) is 0 Å². The van der Waals surface area contributed by atoms with Crippen LogP contribution in [-0.4, -0.2) is 9.97 Å².